The number of rotatable bonds is 7. The van der Waals surface area contributed by atoms with Crippen LogP contribution in [0.15, 0.2) is 72.9 Å². The van der Waals surface area contributed by atoms with Gasteiger partial charge in [0, 0.05) is 23.1 Å². The molecule has 8 heteroatoms. The lowest BCUT2D eigenvalue weighted by molar-refractivity contribution is -0.274. The first-order valence-corrected chi connectivity index (χ1v) is 10.9. The fourth-order valence-electron chi connectivity index (χ4n) is 4.10. The molecule has 178 valence electrons. The van der Waals surface area contributed by atoms with E-state index in [1.54, 1.807) is 6.20 Å². The van der Waals surface area contributed by atoms with Crippen LogP contribution >= 0.6 is 0 Å². The molecule has 1 unspecified atom stereocenters. The highest BCUT2D eigenvalue weighted by Crippen LogP contribution is 2.32. The highest BCUT2D eigenvalue weighted by atomic mass is 19.4. The minimum absolute atomic E-state index is 0.0157. The summed E-state index contributed by atoms with van der Waals surface area (Å²) in [4.78, 5) is 16.4. The Labute approximate surface area is 200 Å². The molecule has 0 radical (unpaired) electrons. The number of benzene rings is 3. The molecule has 5 nitrogen and oxygen atoms in total. The van der Waals surface area contributed by atoms with Gasteiger partial charge in [-0.15, -0.1) is 13.2 Å². The first-order chi connectivity index (χ1) is 16.7. The lowest BCUT2D eigenvalue weighted by Crippen LogP contribution is -2.36. The van der Waals surface area contributed by atoms with Crippen LogP contribution in [0.4, 0.5) is 13.2 Å². The molecule has 0 fully saturated rings. The van der Waals surface area contributed by atoms with E-state index in [0.717, 1.165) is 33.7 Å². The SMILES string of the molecule is Cc1ccccc1-c1ccc(OC(F)(F)F)c(C(=O)NC(CC#N)Cc2c[nH]c3ccccc23)c1. The number of nitrogens with zero attached hydrogens (tertiary/aromatic N) is 1. The highest BCUT2D eigenvalue weighted by molar-refractivity contribution is 5.98. The summed E-state index contributed by atoms with van der Waals surface area (Å²) in [6.07, 6.45) is -2.85. The van der Waals surface area contributed by atoms with Crippen molar-refractivity contribution < 1.29 is 22.7 Å². The Bertz CT molecular complexity index is 1400. The van der Waals surface area contributed by atoms with Gasteiger partial charge in [0.1, 0.15) is 5.75 Å². The normalized spacial score (nSPS) is 12.2. The number of aromatic nitrogens is 1. The topological polar surface area (TPSA) is 77.9 Å². The third-order valence-corrected chi connectivity index (χ3v) is 5.72. The zero-order valence-corrected chi connectivity index (χ0v) is 18.8. The quantitative estimate of drug-likeness (QED) is 0.328. The number of H-pyrrole nitrogens is 1. The van der Waals surface area contributed by atoms with Crippen molar-refractivity contribution in [3.05, 3.63) is 89.6 Å². The second kappa shape index (κ2) is 9.94. The third-order valence-electron chi connectivity index (χ3n) is 5.72. The van der Waals surface area contributed by atoms with E-state index in [9.17, 15) is 23.2 Å². The molecule has 3 aromatic carbocycles. The van der Waals surface area contributed by atoms with Crippen LogP contribution in [0.3, 0.4) is 0 Å². The summed E-state index contributed by atoms with van der Waals surface area (Å²) in [6, 6.07) is 20.4. The minimum Gasteiger partial charge on any atom is -0.405 e. The van der Waals surface area contributed by atoms with Gasteiger partial charge >= 0.3 is 6.36 Å². The van der Waals surface area contributed by atoms with Crippen molar-refractivity contribution in [2.75, 3.05) is 0 Å². The van der Waals surface area contributed by atoms with Crippen LogP contribution < -0.4 is 10.1 Å². The number of carbonyl (C=O) groups excluding carboxylic acids is 1. The van der Waals surface area contributed by atoms with Crippen molar-refractivity contribution in [3.8, 4) is 22.9 Å². The van der Waals surface area contributed by atoms with Crippen molar-refractivity contribution in [2.24, 2.45) is 0 Å². The van der Waals surface area contributed by atoms with Gasteiger partial charge in [-0.25, -0.2) is 0 Å². The average molecular weight is 477 g/mol. The molecular weight excluding hydrogens is 455 g/mol. The summed E-state index contributed by atoms with van der Waals surface area (Å²) in [7, 11) is 0. The number of amides is 1. The van der Waals surface area contributed by atoms with E-state index < -0.39 is 24.1 Å². The molecule has 1 atom stereocenters. The first kappa shape index (κ1) is 23.9. The van der Waals surface area contributed by atoms with Crippen LogP contribution in [0.25, 0.3) is 22.0 Å². The van der Waals surface area contributed by atoms with Crippen LogP contribution in [-0.4, -0.2) is 23.3 Å². The predicted molar refractivity (Wildman–Crippen MR) is 127 cm³/mol. The number of para-hydroxylation sites is 1. The highest BCUT2D eigenvalue weighted by Gasteiger charge is 2.33. The summed E-state index contributed by atoms with van der Waals surface area (Å²) in [5, 5.41) is 13.0. The number of nitriles is 1. The number of aryl methyl sites for hydroxylation is 1. The Morgan fingerprint density at radius 2 is 1.86 bits per heavy atom. The van der Waals surface area contributed by atoms with E-state index in [-0.39, 0.29) is 12.0 Å². The lowest BCUT2D eigenvalue weighted by Gasteiger charge is -2.19. The maximum absolute atomic E-state index is 13.2. The molecule has 2 N–H and O–H groups in total. The Morgan fingerprint density at radius 1 is 1.11 bits per heavy atom. The predicted octanol–water partition coefficient (Wildman–Crippen LogP) is 6.30. The van der Waals surface area contributed by atoms with Crippen LogP contribution in [0.1, 0.15) is 27.9 Å². The Hall–Kier alpha value is -4.25. The number of carbonyl (C=O) groups is 1. The van der Waals surface area contributed by atoms with Gasteiger partial charge in [0.05, 0.1) is 18.1 Å². The van der Waals surface area contributed by atoms with Crippen molar-refractivity contribution >= 4 is 16.8 Å². The third kappa shape index (κ3) is 5.64. The van der Waals surface area contributed by atoms with Crippen LogP contribution in [0.5, 0.6) is 5.75 Å². The Kier molecular flexibility index (Phi) is 6.78. The molecule has 0 saturated carbocycles. The largest absolute Gasteiger partial charge is 0.573 e. The molecule has 0 spiro atoms. The van der Waals surface area contributed by atoms with Crippen LogP contribution in [0.2, 0.25) is 0 Å². The summed E-state index contributed by atoms with van der Waals surface area (Å²) in [5.41, 5.74) is 3.82. The van der Waals surface area contributed by atoms with Crippen molar-refractivity contribution in [1.82, 2.24) is 10.3 Å². The summed E-state index contributed by atoms with van der Waals surface area (Å²) in [5.74, 6) is -1.35. The van der Waals surface area contributed by atoms with Gasteiger partial charge in [-0.2, -0.15) is 5.26 Å². The summed E-state index contributed by atoms with van der Waals surface area (Å²) in [6.45, 7) is 1.87. The number of hydrogen-bond donors (Lipinski definition) is 2. The van der Waals surface area contributed by atoms with Crippen molar-refractivity contribution in [3.63, 3.8) is 0 Å². The molecule has 0 aliphatic heterocycles. The Morgan fingerprint density at radius 3 is 2.60 bits per heavy atom. The number of ether oxygens (including phenoxy) is 1. The fourth-order valence-corrected chi connectivity index (χ4v) is 4.10. The van der Waals surface area contributed by atoms with Crippen LogP contribution in [0, 0.1) is 18.3 Å². The monoisotopic (exact) mass is 477 g/mol. The van der Waals surface area contributed by atoms with Crippen LogP contribution in [-0.2, 0) is 6.42 Å². The number of aromatic amines is 1. The van der Waals surface area contributed by atoms with Gasteiger partial charge in [-0.3, -0.25) is 4.79 Å². The van der Waals surface area contributed by atoms with E-state index in [4.69, 9.17) is 0 Å². The molecule has 0 aliphatic rings. The number of nitrogens with one attached hydrogen (secondary N) is 2. The van der Waals surface area contributed by atoms with Gasteiger partial charge in [0.2, 0.25) is 0 Å². The van der Waals surface area contributed by atoms with E-state index in [1.165, 1.54) is 12.1 Å². The molecule has 1 amide bonds. The minimum atomic E-state index is -4.96. The number of halogens is 3. The van der Waals surface area contributed by atoms with Gasteiger partial charge in [0.15, 0.2) is 0 Å². The van der Waals surface area contributed by atoms with Crippen molar-refractivity contribution in [2.45, 2.75) is 32.2 Å². The number of fused-ring (bicyclic) bond motifs is 1. The maximum Gasteiger partial charge on any atom is 0.573 e. The smallest absolute Gasteiger partial charge is 0.405 e. The number of hydrogen-bond acceptors (Lipinski definition) is 3. The zero-order chi connectivity index (χ0) is 25.0. The fraction of sp³-hybridized carbons (Fsp3) is 0.185. The van der Waals surface area contributed by atoms with E-state index in [1.807, 2.05) is 61.5 Å². The van der Waals surface area contributed by atoms with E-state index in [2.05, 4.69) is 15.0 Å². The summed E-state index contributed by atoms with van der Waals surface area (Å²) >= 11 is 0. The molecule has 0 saturated heterocycles. The maximum atomic E-state index is 13.2. The average Bonchev–Trinajstić information content (AvgIpc) is 3.22. The second-order valence-electron chi connectivity index (χ2n) is 8.17. The zero-order valence-electron chi connectivity index (χ0n) is 18.8. The van der Waals surface area contributed by atoms with Crippen molar-refractivity contribution in [1.29, 1.82) is 5.26 Å². The van der Waals surface area contributed by atoms with Gasteiger partial charge in [-0.05, 0) is 53.8 Å². The van der Waals surface area contributed by atoms with E-state index in [0.29, 0.717) is 12.0 Å². The molecule has 4 rings (SSSR count). The molecule has 1 heterocycles. The molecule has 0 aliphatic carbocycles. The Balaban J connectivity index is 1.66. The molecule has 0 bridgehead atoms. The molecular formula is C27H22F3N3O2. The second-order valence-corrected chi connectivity index (χ2v) is 8.17. The van der Waals surface area contributed by atoms with Gasteiger partial charge in [-0.1, -0.05) is 48.5 Å². The van der Waals surface area contributed by atoms with E-state index >= 15 is 0 Å². The van der Waals surface area contributed by atoms with Gasteiger partial charge in [0.25, 0.3) is 5.91 Å². The molecule has 1 aromatic heterocycles. The first-order valence-electron chi connectivity index (χ1n) is 10.9. The molecule has 4 aromatic rings. The van der Waals surface area contributed by atoms with Gasteiger partial charge < -0.3 is 15.0 Å². The molecule has 35 heavy (non-hydrogen) atoms. The number of alkyl halides is 3. The lowest BCUT2D eigenvalue weighted by atomic mass is 9.97. The standard InChI is InChI=1S/C27H22F3N3O2/c1-17-6-2-3-7-21(17)18-10-11-25(35-27(28,29)30)23(15-18)26(34)33-20(12-13-31)14-19-16-32-24-9-5-4-8-22(19)24/h2-11,15-16,20,32H,12,14H2,1H3,(H,33,34). The summed E-state index contributed by atoms with van der Waals surface area (Å²) < 4.78 is 43.3.